The molecule has 1 aromatic rings. The Kier molecular flexibility index (Phi) is 10.1. The third kappa shape index (κ3) is 6.04. The van der Waals surface area contributed by atoms with E-state index in [1.165, 1.54) is 16.7 Å². The number of carbonyl (C=O) groups is 1. The van der Waals surface area contributed by atoms with E-state index < -0.39 is 0 Å². The number of aliphatic hydroxyl groups is 2. The number of nitrogens with two attached hydrogens (primary N) is 1. The summed E-state index contributed by atoms with van der Waals surface area (Å²) in [6.45, 7) is 8.11. The van der Waals surface area contributed by atoms with Gasteiger partial charge in [0.2, 0.25) is 0 Å². The molecule has 0 saturated heterocycles. The average Bonchev–Trinajstić information content (AvgIpc) is 3.33. The van der Waals surface area contributed by atoms with E-state index in [1.54, 1.807) is 0 Å². The van der Waals surface area contributed by atoms with Gasteiger partial charge in [0.1, 0.15) is 0 Å². The molecule has 2 fully saturated rings. The zero-order valence-corrected chi connectivity index (χ0v) is 29.3. The first-order valence-corrected chi connectivity index (χ1v) is 20.0. The number of hydrogen-bond donors (Lipinski definition) is 4. The Bertz CT molecular complexity index is 1320. The first-order valence-electron chi connectivity index (χ1n) is 17.5. The fourth-order valence-electron chi connectivity index (χ4n) is 10.6. The molecule has 2 saturated carbocycles. The van der Waals surface area contributed by atoms with Crippen LogP contribution in [-0.4, -0.2) is 58.8 Å². The summed E-state index contributed by atoms with van der Waals surface area (Å²) in [6, 6.07) is 9.12. The zero-order chi connectivity index (χ0) is 31.8. The van der Waals surface area contributed by atoms with Gasteiger partial charge in [-0.3, -0.25) is 9.79 Å². The lowest BCUT2D eigenvalue weighted by molar-refractivity contribution is -0.125. The van der Waals surface area contributed by atoms with Crippen molar-refractivity contribution in [1.29, 1.82) is 0 Å². The fourth-order valence-corrected chi connectivity index (χ4v) is 13.4. The largest absolute Gasteiger partial charge is 0.396 e. The van der Waals surface area contributed by atoms with Crippen molar-refractivity contribution in [3.63, 3.8) is 0 Å². The normalized spacial score (nSPS) is 36.8. The molecule has 7 unspecified atom stereocenters. The lowest BCUT2D eigenvalue weighted by Crippen LogP contribution is -2.61. The number of allylic oxidation sites excluding steroid dienone is 2. The number of aliphatic imine (C=N–C) groups is 1. The molecule has 6 nitrogen and oxygen atoms in total. The van der Waals surface area contributed by atoms with Gasteiger partial charge in [0.25, 0.3) is 0 Å². The number of ketones is 1. The molecule has 248 valence electrons. The molecular formula is C37H55N3O3S2. The SMILES string of the molecule is CC(C)Cc1cccc(CC2CN=C(N)NC23CCCC2=C4CC5CC(CO)C(CCCO)C4(CC2=O)C5(C)CCSSC3)c1. The van der Waals surface area contributed by atoms with Gasteiger partial charge >= 0.3 is 0 Å². The third-order valence-electron chi connectivity index (χ3n) is 12.7. The van der Waals surface area contributed by atoms with Crippen molar-refractivity contribution in [1.82, 2.24) is 5.32 Å². The topological polar surface area (TPSA) is 108 Å². The number of hydrogen-bond acceptors (Lipinski definition) is 8. The summed E-state index contributed by atoms with van der Waals surface area (Å²) < 4.78 is 0. The second-order valence-corrected chi connectivity index (χ2v) is 18.1. The highest BCUT2D eigenvalue weighted by molar-refractivity contribution is 8.76. The molecule has 45 heavy (non-hydrogen) atoms. The van der Waals surface area contributed by atoms with Gasteiger partial charge in [-0.05, 0) is 110 Å². The molecule has 8 heteroatoms. The molecule has 0 amide bonds. The number of Topliss-reactive ketones (excluding diaryl/α,β-unsaturated/α-hetero) is 1. The maximum Gasteiger partial charge on any atom is 0.189 e. The summed E-state index contributed by atoms with van der Waals surface area (Å²) >= 11 is 0. The molecule has 2 heterocycles. The number of carbonyl (C=O) groups excluding carboxylic acids is 1. The van der Waals surface area contributed by atoms with Crippen molar-refractivity contribution >= 4 is 33.3 Å². The summed E-state index contributed by atoms with van der Waals surface area (Å²) in [5.74, 6) is 4.85. The Balaban J connectivity index is 1.31. The maximum atomic E-state index is 14.1. The Morgan fingerprint density at radius 1 is 1.18 bits per heavy atom. The van der Waals surface area contributed by atoms with E-state index in [-0.39, 0.29) is 41.4 Å². The van der Waals surface area contributed by atoms with Crippen molar-refractivity contribution in [2.75, 3.05) is 31.3 Å². The summed E-state index contributed by atoms with van der Waals surface area (Å²) in [5, 5.41) is 24.1. The molecular weight excluding hydrogens is 599 g/mol. The summed E-state index contributed by atoms with van der Waals surface area (Å²) in [5.41, 5.74) is 11.5. The molecule has 5 bridgehead atoms. The number of nitrogens with one attached hydrogen (secondary N) is 1. The predicted molar refractivity (Wildman–Crippen MR) is 188 cm³/mol. The lowest BCUT2D eigenvalue weighted by Gasteiger charge is -2.57. The second kappa shape index (κ2) is 13.6. The predicted octanol–water partition coefficient (Wildman–Crippen LogP) is 6.34. The number of benzene rings is 1. The first kappa shape index (κ1) is 33.4. The van der Waals surface area contributed by atoms with E-state index in [1.807, 2.05) is 21.6 Å². The Hall–Kier alpha value is -1.48. The number of nitrogens with zero attached hydrogens (tertiary/aromatic N) is 1. The maximum absolute atomic E-state index is 14.1. The van der Waals surface area contributed by atoms with Gasteiger partial charge < -0.3 is 21.3 Å². The van der Waals surface area contributed by atoms with Crippen LogP contribution >= 0.6 is 21.6 Å². The van der Waals surface area contributed by atoms with Crippen LogP contribution in [-0.2, 0) is 17.6 Å². The molecule has 2 spiro atoms. The highest BCUT2D eigenvalue weighted by Gasteiger charge is 2.69. The van der Waals surface area contributed by atoms with Crippen molar-refractivity contribution in [2.45, 2.75) is 96.9 Å². The standard InChI is InChI=1S/C37H55N3O3S2/c1-24(2)15-25-7-4-8-26(16-25)17-29-21-39-34(38)40-36(29)11-5-9-30-32-19-28-18-27(22-42)31(10-6-13-41)37(32,20-33(30)43)35(28,3)12-14-44-45-23-36/h4,7-8,16,24,27-29,31,41-42H,5-6,9-15,17-23H2,1-3H3,(H3,38,39,40). The number of guanidine groups is 1. The quantitative estimate of drug-likeness (QED) is 0.243. The van der Waals surface area contributed by atoms with E-state index in [0.717, 1.165) is 87.8 Å². The minimum absolute atomic E-state index is 0.0501. The van der Waals surface area contributed by atoms with E-state index in [0.29, 0.717) is 35.9 Å². The van der Waals surface area contributed by atoms with Crippen molar-refractivity contribution in [3.05, 3.63) is 46.5 Å². The van der Waals surface area contributed by atoms with Crippen LogP contribution < -0.4 is 11.1 Å². The molecule has 6 rings (SSSR count). The van der Waals surface area contributed by atoms with Gasteiger partial charge in [-0.2, -0.15) is 0 Å². The van der Waals surface area contributed by atoms with Gasteiger partial charge in [-0.25, -0.2) is 0 Å². The molecule has 3 aliphatic carbocycles. The Morgan fingerprint density at radius 3 is 2.78 bits per heavy atom. The molecule has 1 aromatic carbocycles. The van der Waals surface area contributed by atoms with Crippen LogP contribution in [0.1, 0.15) is 89.7 Å². The van der Waals surface area contributed by atoms with Gasteiger partial charge in [0.15, 0.2) is 11.7 Å². The Morgan fingerprint density at radius 2 is 2.00 bits per heavy atom. The highest BCUT2D eigenvalue weighted by Crippen LogP contribution is 2.75. The summed E-state index contributed by atoms with van der Waals surface area (Å²) in [6.07, 6.45) is 10.2. The smallest absolute Gasteiger partial charge is 0.189 e. The molecule has 5 aliphatic rings. The van der Waals surface area contributed by atoms with Crippen molar-refractivity contribution in [3.8, 4) is 0 Å². The van der Waals surface area contributed by atoms with Crippen molar-refractivity contribution < 1.29 is 15.0 Å². The van der Waals surface area contributed by atoms with E-state index in [2.05, 4.69) is 50.4 Å². The van der Waals surface area contributed by atoms with Crippen molar-refractivity contribution in [2.24, 2.45) is 51.1 Å². The summed E-state index contributed by atoms with van der Waals surface area (Å²) in [7, 11) is 3.98. The average molecular weight is 654 g/mol. The number of aliphatic hydroxyl groups excluding tert-OH is 2. The van der Waals surface area contributed by atoms with Crippen LogP contribution in [0.5, 0.6) is 0 Å². The third-order valence-corrected chi connectivity index (χ3v) is 15.2. The monoisotopic (exact) mass is 653 g/mol. The van der Waals surface area contributed by atoms with Crippen LogP contribution in [0.2, 0.25) is 0 Å². The summed E-state index contributed by atoms with van der Waals surface area (Å²) in [4.78, 5) is 18.8. The number of rotatable bonds is 8. The van der Waals surface area contributed by atoms with E-state index >= 15 is 0 Å². The van der Waals surface area contributed by atoms with Crippen LogP contribution in [0.15, 0.2) is 40.4 Å². The first-order chi connectivity index (χ1) is 21.7. The molecule has 2 aliphatic heterocycles. The van der Waals surface area contributed by atoms with Crippen LogP contribution in [0.3, 0.4) is 0 Å². The lowest BCUT2D eigenvalue weighted by atomic mass is 9.47. The molecule has 0 aromatic heterocycles. The van der Waals surface area contributed by atoms with Gasteiger partial charge in [-0.1, -0.05) is 72.2 Å². The highest BCUT2D eigenvalue weighted by atomic mass is 33.1. The van der Waals surface area contributed by atoms with Gasteiger partial charge in [0, 0.05) is 49.0 Å². The Labute approximate surface area is 278 Å². The minimum Gasteiger partial charge on any atom is -0.396 e. The van der Waals surface area contributed by atoms with Crippen LogP contribution in [0, 0.1) is 40.4 Å². The van der Waals surface area contributed by atoms with E-state index in [9.17, 15) is 15.0 Å². The molecule has 0 radical (unpaired) electrons. The minimum atomic E-state index is -0.180. The van der Waals surface area contributed by atoms with Crippen LogP contribution in [0.25, 0.3) is 0 Å². The fraction of sp³-hybridized carbons (Fsp3) is 0.730. The second-order valence-electron chi connectivity index (χ2n) is 15.5. The van der Waals surface area contributed by atoms with E-state index in [4.69, 9.17) is 10.7 Å². The molecule has 7 atom stereocenters. The van der Waals surface area contributed by atoms with Gasteiger partial charge in [0.05, 0.1) is 5.54 Å². The van der Waals surface area contributed by atoms with Crippen LogP contribution in [0.4, 0.5) is 0 Å². The van der Waals surface area contributed by atoms with Gasteiger partial charge in [-0.15, -0.1) is 0 Å². The molecule has 5 N–H and O–H groups in total. The zero-order valence-electron chi connectivity index (χ0n) is 27.7.